The van der Waals surface area contributed by atoms with Gasteiger partial charge in [0.05, 0.1) is 5.71 Å². The number of benzene rings is 2. The summed E-state index contributed by atoms with van der Waals surface area (Å²) in [5, 5.41) is 4.45. The molecule has 4 rings (SSSR count). The van der Waals surface area contributed by atoms with Gasteiger partial charge in [0.25, 0.3) is 5.91 Å². The number of carbonyl (C=O) groups excluding carboxylic acids is 1. The molecule has 1 fully saturated rings. The molecular formula is C28H36N2O2. The molecule has 1 spiro atoms. The van der Waals surface area contributed by atoms with Gasteiger partial charge in [-0.3, -0.25) is 4.79 Å². The molecule has 2 aliphatic rings. The highest BCUT2D eigenvalue weighted by Gasteiger charge is 2.43. The number of amides is 1. The minimum Gasteiger partial charge on any atom is -0.388 e. The van der Waals surface area contributed by atoms with E-state index >= 15 is 0 Å². The van der Waals surface area contributed by atoms with Crippen LogP contribution in [-0.4, -0.2) is 35.2 Å². The van der Waals surface area contributed by atoms with Crippen molar-refractivity contribution in [3.63, 3.8) is 0 Å². The van der Waals surface area contributed by atoms with Crippen LogP contribution in [0, 0.1) is 0 Å². The molecule has 0 radical (unpaired) electrons. The molecule has 0 unspecified atom stereocenters. The van der Waals surface area contributed by atoms with Gasteiger partial charge >= 0.3 is 0 Å². The van der Waals surface area contributed by atoms with E-state index in [-0.39, 0.29) is 22.3 Å². The smallest absolute Gasteiger partial charge is 0.253 e. The van der Waals surface area contributed by atoms with Crippen molar-refractivity contribution in [3.05, 3.63) is 70.8 Å². The van der Waals surface area contributed by atoms with Gasteiger partial charge in [0.1, 0.15) is 5.60 Å². The zero-order valence-electron chi connectivity index (χ0n) is 20.4. The van der Waals surface area contributed by atoms with Crippen molar-refractivity contribution in [3.8, 4) is 0 Å². The van der Waals surface area contributed by atoms with Gasteiger partial charge in [-0.25, -0.2) is 0 Å². The molecule has 0 aliphatic carbocycles. The lowest BCUT2D eigenvalue weighted by Gasteiger charge is -2.37. The van der Waals surface area contributed by atoms with Crippen LogP contribution < -0.4 is 0 Å². The first-order valence-electron chi connectivity index (χ1n) is 11.7. The van der Waals surface area contributed by atoms with E-state index in [4.69, 9.17) is 4.84 Å². The fourth-order valence-corrected chi connectivity index (χ4v) is 4.52. The number of nitrogens with zero attached hydrogens (tertiary/aromatic N) is 2. The first-order valence-corrected chi connectivity index (χ1v) is 11.7. The van der Waals surface area contributed by atoms with Crippen molar-refractivity contribution in [2.75, 3.05) is 13.1 Å². The number of rotatable bonds is 2. The van der Waals surface area contributed by atoms with Crippen LogP contribution in [-0.2, 0) is 15.7 Å². The minimum atomic E-state index is -0.273. The monoisotopic (exact) mass is 432 g/mol. The predicted octanol–water partition coefficient (Wildman–Crippen LogP) is 6.08. The quantitative estimate of drug-likeness (QED) is 0.577. The standard InChI is InChI=1S/C28H36N2O2/c1-26(2,3)22-11-7-20(8-12-22)24-19-28(32-29-24)15-17-30(18-16-28)25(31)21-9-13-23(14-10-21)27(4,5)6/h7-14H,15-19H2,1-6H3. The molecular weight excluding hydrogens is 396 g/mol. The van der Waals surface area contributed by atoms with Crippen LogP contribution in [0.15, 0.2) is 53.7 Å². The zero-order valence-corrected chi connectivity index (χ0v) is 20.4. The van der Waals surface area contributed by atoms with Crippen molar-refractivity contribution in [1.29, 1.82) is 0 Å². The van der Waals surface area contributed by atoms with E-state index in [1.807, 2.05) is 17.0 Å². The normalized spacial score (nSPS) is 18.4. The van der Waals surface area contributed by atoms with Crippen molar-refractivity contribution < 1.29 is 9.63 Å². The van der Waals surface area contributed by atoms with Crippen LogP contribution in [0.4, 0.5) is 0 Å². The lowest BCUT2D eigenvalue weighted by molar-refractivity contribution is -0.0568. The molecule has 170 valence electrons. The van der Waals surface area contributed by atoms with Crippen molar-refractivity contribution in [2.45, 2.75) is 77.2 Å². The first-order chi connectivity index (χ1) is 15.0. The number of piperidine rings is 1. The molecule has 1 saturated heterocycles. The van der Waals surface area contributed by atoms with E-state index in [9.17, 15) is 4.79 Å². The second-order valence-corrected chi connectivity index (χ2v) is 11.4. The second-order valence-electron chi connectivity index (χ2n) is 11.4. The second kappa shape index (κ2) is 8.06. The Morgan fingerprint density at radius 2 is 1.34 bits per heavy atom. The van der Waals surface area contributed by atoms with Gasteiger partial charge in [-0.05, 0) is 39.7 Å². The van der Waals surface area contributed by atoms with E-state index in [2.05, 4.69) is 83.1 Å². The molecule has 4 nitrogen and oxygen atoms in total. The molecule has 0 atom stereocenters. The Labute approximate surface area is 192 Å². The Morgan fingerprint density at radius 1 is 0.844 bits per heavy atom. The highest BCUT2D eigenvalue weighted by Crippen LogP contribution is 2.37. The van der Waals surface area contributed by atoms with E-state index in [1.165, 1.54) is 11.1 Å². The Balaban J connectivity index is 1.36. The summed E-state index contributed by atoms with van der Waals surface area (Å²) in [6.07, 6.45) is 2.43. The molecule has 0 aromatic heterocycles. The van der Waals surface area contributed by atoms with Crippen LogP contribution in [0.2, 0.25) is 0 Å². The zero-order chi connectivity index (χ0) is 23.1. The molecule has 0 saturated carbocycles. The Hall–Kier alpha value is -2.62. The Kier molecular flexibility index (Phi) is 5.68. The van der Waals surface area contributed by atoms with E-state index in [1.54, 1.807) is 0 Å². The largest absolute Gasteiger partial charge is 0.388 e. The maximum Gasteiger partial charge on any atom is 0.253 e. The number of carbonyl (C=O) groups is 1. The summed E-state index contributed by atoms with van der Waals surface area (Å²) in [5.41, 5.74) is 5.42. The number of oxime groups is 1. The van der Waals surface area contributed by atoms with Crippen LogP contribution in [0.1, 0.15) is 87.9 Å². The van der Waals surface area contributed by atoms with Gasteiger partial charge in [0, 0.05) is 37.9 Å². The maximum absolute atomic E-state index is 13.0. The fourth-order valence-electron chi connectivity index (χ4n) is 4.52. The molecule has 2 heterocycles. The molecule has 2 aromatic carbocycles. The Morgan fingerprint density at radius 3 is 1.84 bits per heavy atom. The van der Waals surface area contributed by atoms with E-state index in [0.717, 1.165) is 36.1 Å². The predicted molar refractivity (Wildman–Crippen MR) is 130 cm³/mol. The lowest BCUT2D eigenvalue weighted by Crippen LogP contribution is -2.46. The molecule has 2 aliphatic heterocycles. The number of hydrogen-bond donors (Lipinski definition) is 0. The molecule has 4 heteroatoms. The van der Waals surface area contributed by atoms with Gasteiger partial charge in [-0.15, -0.1) is 0 Å². The summed E-state index contributed by atoms with van der Waals surface area (Å²) in [6, 6.07) is 16.8. The number of hydrogen-bond acceptors (Lipinski definition) is 3. The summed E-state index contributed by atoms with van der Waals surface area (Å²) < 4.78 is 0. The van der Waals surface area contributed by atoms with Gasteiger partial charge in [-0.2, -0.15) is 0 Å². The summed E-state index contributed by atoms with van der Waals surface area (Å²) >= 11 is 0. The Bertz CT molecular complexity index is 997. The molecule has 0 N–H and O–H groups in total. The first kappa shape index (κ1) is 22.6. The molecule has 32 heavy (non-hydrogen) atoms. The van der Waals surface area contributed by atoms with Crippen LogP contribution in [0.3, 0.4) is 0 Å². The highest BCUT2D eigenvalue weighted by molar-refractivity contribution is 6.01. The summed E-state index contributed by atoms with van der Waals surface area (Å²) in [6.45, 7) is 14.6. The number of likely N-dealkylation sites (tertiary alicyclic amines) is 1. The average molecular weight is 433 g/mol. The third-order valence-electron chi connectivity index (χ3n) is 6.88. The lowest BCUT2D eigenvalue weighted by atomic mass is 9.83. The average Bonchev–Trinajstić information content (AvgIpc) is 3.16. The van der Waals surface area contributed by atoms with Gasteiger partial charge in [-0.1, -0.05) is 83.1 Å². The van der Waals surface area contributed by atoms with Crippen LogP contribution >= 0.6 is 0 Å². The summed E-state index contributed by atoms with van der Waals surface area (Å²) in [5.74, 6) is 0.109. The molecule has 1 amide bonds. The maximum atomic E-state index is 13.0. The van der Waals surface area contributed by atoms with Gasteiger partial charge < -0.3 is 9.74 Å². The third-order valence-corrected chi connectivity index (χ3v) is 6.88. The van der Waals surface area contributed by atoms with Crippen LogP contribution in [0.5, 0.6) is 0 Å². The molecule has 2 aromatic rings. The third kappa shape index (κ3) is 4.60. The van der Waals surface area contributed by atoms with Crippen molar-refractivity contribution in [1.82, 2.24) is 4.90 Å². The van der Waals surface area contributed by atoms with E-state index in [0.29, 0.717) is 13.1 Å². The topological polar surface area (TPSA) is 41.9 Å². The van der Waals surface area contributed by atoms with Gasteiger partial charge in [0.2, 0.25) is 0 Å². The summed E-state index contributed by atoms with van der Waals surface area (Å²) in [4.78, 5) is 21.0. The van der Waals surface area contributed by atoms with Crippen molar-refractivity contribution in [2.24, 2.45) is 5.16 Å². The minimum absolute atomic E-state index is 0.0870. The summed E-state index contributed by atoms with van der Waals surface area (Å²) in [7, 11) is 0. The van der Waals surface area contributed by atoms with Gasteiger partial charge in [0.15, 0.2) is 0 Å². The van der Waals surface area contributed by atoms with E-state index < -0.39 is 0 Å². The molecule has 0 bridgehead atoms. The van der Waals surface area contributed by atoms with Crippen LogP contribution in [0.25, 0.3) is 0 Å². The highest BCUT2D eigenvalue weighted by atomic mass is 16.7. The van der Waals surface area contributed by atoms with Crippen molar-refractivity contribution >= 4 is 11.6 Å². The SMILES string of the molecule is CC(C)(C)c1ccc(C(=O)N2CCC3(CC2)CC(c2ccc(C(C)(C)C)cc2)=NO3)cc1. The fraction of sp³-hybridized carbons (Fsp3) is 0.500.